The first-order valence-corrected chi connectivity index (χ1v) is 8.57. The summed E-state index contributed by atoms with van der Waals surface area (Å²) >= 11 is 0. The first-order valence-electron chi connectivity index (χ1n) is 8.57. The predicted octanol–water partition coefficient (Wildman–Crippen LogP) is 4.25. The molecule has 6 heteroatoms. The van der Waals surface area contributed by atoms with Crippen LogP contribution in [-0.4, -0.2) is 9.85 Å². The van der Waals surface area contributed by atoms with Gasteiger partial charge in [-0.3, -0.25) is 20.2 Å². The summed E-state index contributed by atoms with van der Waals surface area (Å²) in [5, 5.41) is 21.3. The van der Waals surface area contributed by atoms with Crippen LogP contribution in [0, 0.1) is 67.6 Å². The standard InChI is InChI=1S/C24H14N2O4/c1-19(2)22(9-5-3-7-20-11-15-23(16-12-20)25(27)28)10-6-4-8-21-13-17-24(18-14-21)26(29)30/h11-18H,1-2H3. The summed E-state index contributed by atoms with van der Waals surface area (Å²) in [6, 6.07) is 11.8. The minimum atomic E-state index is -0.471. The molecule has 0 amide bonds. The van der Waals surface area contributed by atoms with Crippen molar-refractivity contribution in [1.82, 2.24) is 0 Å². The number of hydrogen-bond donors (Lipinski definition) is 0. The van der Waals surface area contributed by atoms with E-state index in [-0.39, 0.29) is 11.4 Å². The molecule has 0 spiro atoms. The molecule has 2 aromatic carbocycles. The van der Waals surface area contributed by atoms with Crippen LogP contribution in [0.5, 0.6) is 0 Å². The van der Waals surface area contributed by atoms with Crippen molar-refractivity contribution in [3.05, 3.63) is 91.0 Å². The van der Waals surface area contributed by atoms with Crippen LogP contribution in [0.3, 0.4) is 0 Å². The van der Waals surface area contributed by atoms with Crippen LogP contribution in [0.25, 0.3) is 0 Å². The predicted molar refractivity (Wildman–Crippen MR) is 114 cm³/mol. The summed E-state index contributed by atoms with van der Waals surface area (Å²) in [5.74, 6) is 22.2. The van der Waals surface area contributed by atoms with E-state index in [1.807, 2.05) is 13.8 Å². The number of hydrogen-bond acceptors (Lipinski definition) is 4. The van der Waals surface area contributed by atoms with Crippen molar-refractivity contribution >= 4 is 11.4 Å². The molecule has 2 rings (SSSR count). The van der Waals surface area contributed by atoms with Gasteiger partial charge in [-0.15, -0.1) is 0 Å². The van der Waals surface area contributed by atoms with Crippen LogP contribution in [0.2, 0.25) is 0 Å². The highest BCUT2D eigenvalue weighted by Crippen LogP contribution is 2.11. The minimum Gasteiger partial charge on any atom is -0.258 e. The molecule has 0 N–H and O–H groups in total. The lowest BCUT2D eigenvalue weighted by atomic mass is 10.1. The van der Waals surface area contributed by atoms with Crippen LogP contribution >= 0.6 is 0 Å². The Hall–Kier alpha value is -4.78. The topological polar surface area (TPSA) is 86.3 Å². The third-order valence-electron chi connectivity index (χ3n) is 3.57. The van der Waals surface area contributed by atoms with Gasteiger partial charge in [0.05, 0.1) is 15.4 Å². The largest absolute Gasteiger partial charge is 0.269 e. The monoisotopic (exact) mass is 394 g/mol. The Morgan fingerprint density at radius 1 is 0.667 bits per heavy atom. The van der Waals surface area contributed by atoms with Gasteiger partial charge in [0.15, 0.2) is 0 Å². The summed E-state index contributed by atoms with van der Waals surface area (Å²) < 4.78 is 0. The second kappa shape index (κ2) is 10.5. The molecule has 0 radical (unpaired) electrons. The highest BCUT2D eigenvalue weighted by atomic mass is 16.6. The van der Waals surface area contributed by atoms with Gasteiger partial charge in [-0.2, -0.15) is 0 Å². The van der Waals surface area contributed by atoms with Crippen molar-refractivity contribution in [2.75, 3.05) is 0 Å². The molecule has 2 aromatic rings. The Kier molecular flexibility index (Phi) is 7.55. The lowest BCUT2D eigenvalue weighted by Gasteiger charge is -1.90. The Balaban J connectivity index is 2.09. The van der Waals surface area contributed by atoms with Crippen molar-refractivity contribution in [3.8, 4) is 47.4 Å². The molecule has 6 nitrogen and oxygen atoms in total. The molecule has 144 valence electrons. The summed E-state index contributed by atoms with van der Waals surface area (Å²) in [6.07, 6.45) is 0. The van der Waals surface area contributed by atoms with Crippen LogP contribution < -0.4 is 0 Å². The van der Waals surface area contributed by atoms with Crippen LogP contribution in [0.1, 0.15) is 25.0 Å². The molecule has 0 fully saturated rings. The van der Waals surface area contributed by atoms with Crippen molar-refractivity contribution in [2.24, 2.45) is 0 Å². The molecule has 0 aliphatic rings. The number of nitro groups is 2. The smallest absolute Gasteiger partial charge is 0.258 e. The van der Waals surface area contributed by atoms with Gasteiger partial charge in [0.1, 0.15) is 0 Å². The van der Waals surface area contributed by atoms with Gasteiger partial charge in [-0.05, 0) is 73.6 Å². The van der Waals surface area contributed by atoms with Crippen LogP contribution in [-0.2, 0) is 0 Å². The molecule has 0 heterocycles. The average Bonchev–Trinajstić information content (AvgIpc) is 2.73. The van der Waals surface area contributed by atoms with E-state index in [1.165, 1.54) is 24.3 Å². The van der Waals surface area contributed by atoms with Crippen LogP contribution in [0.15, 0.2) is 59.7 Å². The number of nitrogens with zero attached hydrogens (tertiary/aromatic N) is 2. The van der Waals surface area contributed by atoms with E-state index in [0.717, 1.165) is 5.57 Å². The van der Waals surface area contributed by atoms with Gasteiger partial charge in [-0.1, -0.05) is 17.4 Å². The van der Waals surface area contributed by atoms with Gasteiger partial charge < -0.3 is 0 Å². The minimum absolute atomic E-state index is 0.00331. The van der Waals surface area contributed by atoms with E-state index in [2.05, 4.69) is 47.4 Å². The Bertz CT molecular complexity index is 1160. The third-order valence-corrected chi connectivity index (χ3v) is 3.57. The summed E-state index contributed by atoms with van der Waals surface area (Å²) in [6.45, 7) is 3.73. The fourth-order valence-corrected chi connectivity index (χ4v) is 2.01. The Morgan fingerprint density at radius 3 is 1.33 bits per heavy atom. The zero-order valence-electron chi connectivity index (χ0n) is 16.1. The maximum Gasteiger partial charge on any atom is 0.269 e. The van der Waals surface area contributed by atoms with Crippen molar-refractivity contribution in [3.63, 3.8) is 0 Å². The molecule has 0 aliphatic carbocycles. The van der Waals surface area contributed by atoms with Crippen molar-refractivity contribution in [2.45, 2.75) is 13.8 Å². The number of rotatable bonds is 2. The van der Waals surface area contributed by atoms with Crippen molar-refractivity contribution < 1.29 is 9.85 Å². The second-order valence-corrected chi connectivity index (χ2v) is 5.98. The molecular weight excluding hydrogens is 380 g/mol. The van der Waals surface area contributed by atoms with Gasteiger partial charge >= 0.3 is 0 Å². The molecule has 0 unspecified atom stereocenters. The Labute approximate surface area is 173 Å². The quantitative estimate of drug-likeness (QED) is 0.433. The van der Waals surface area contributed by atoms with Gasteiger partial charge in [0.25, 0.3) is 11.4 Å². The van der Waals surface area contributed by atoms with E-state index in [9.17, 15) is 20.2 Å². The summed E-state index contributed by atoms with van der Waals surface area (Å²) in [5.41, 5.74) is 2.74. The average molecular weight is 394 g/mol. The maximum atomic E-state index is 10.6. The SMILES string of the molecule is CC(C)=C(C#CC#Cc1ccc([N+](=O)[O-])cc1)C#CC#Cc1ccc([N+](=O)[O-])cc1. The molecule has 0 aliphatic heterocycles. The molecular formula is C24H14N2O4. The van der Waals surface area contributed by atoms with E-state index >= 15 is 0 Å². The number of benzene rings is 2. The fourth-order valence-electron chi connectivity index (χ4n) is 2.01. The molecule has 0 bridgehead atoms. The van der Waals surface area contributed by atoms with Gasteiger partial charge in [-0.25, -0.2) is 0 Å². The highest BCUT2D eigenvalue weighted by molar-refractivity contribution is 5.54. The molecule has 0 saturated heterocycles. The first-order chi connectivity index (χ1) is 14.4. The van der Waals surface area contributed by atoms with E-state index < -0.39 is 9.85 Å². The lowest BCUT2D eigenvalue weighted by Crippen LogP contribution is -1.86. The lowest BCUT2D eigenvalue weighted by molar-refractivity contribution is -0.385. The molecule has 0 saturated carbocycles. The maximum absolute atomic E-state index is 10.6. The number of allylic oxidation sites excluding steroid dienone is 2. The molecule has 30 heavy (non-hydrogen) atoms. The fraction of sp³-hybridized carbons (Fsp3) is 0.0833. The van der Waals surface area contributed by atoms with Crippen LogP contribution in [0.4, 0.5) is 11.4 Å². The van der Waals surface area contributed by atoms with E-state index in [1.54, 1.807) is 24.3 Å². The van der Waals surface area contributed by atoms with Gasteiger partial charge in [0.2, 0.25) is 0 Å². The zero-order chi connectivity index (χ0) is 21.9. The van der Waals surface area contributed by atoms with Gasteiger partial charge in [0, 0.05) is 35.4 Å². The zero-order valence-corrected chi connectivity index (χ0v) is 16.1. The summed E-state index contributed by atoms with van der Waals surface area (Å²) in [7, 11) is 0. The second-order valence-electron chi connectivity index (χ2n) is 5.98. The van der Waals surface area contributed by atoms with E-state index in [4.69, 9.17) is 0 Å². The molecule has 0 atom stereocenters. The number of non-ortho nitro benzene ring substituents is 2. The Morgan fingerprint density at radius 2 is 1.03 bits per heavy atom. The van der Waals surface area contributed by atoms with Crippen molar-refractivity contribution in [1.29, 1.82) is 0 Å². The molecule has 0 aromatic heterocycles. The number of nitro benzene ring substituents is 2. The highest BCUT2D eigenvalue weighted by Gasteiger charge is 2.02. The summed E-state index contributed by atoms with van der Waals surface area (Å²) in [4.78, 5) is 20.3. The third kappa shape index (κ3) is 6.75. The normalized spacial score (nSPS) is 8.47. The first kappa shape index (κ1) is 21.5. The van der Waals surface area contributed by atoms with E-state index in [0.29, 0.717) is 16.7 Å².